The normalized spacial score (nSPS) is 17.8. The van der Waals surface area contributed by atoms with Crippen LogP contribution in [-0.2, 0) is 6.42 Å². The van der Waals surface area contributed by atoms with Crippen molar-refractivity contribution in [2.24, 2.45) is 0 Å². The van der Waals surface area contributed by atoms with E-state index in [0.29, 0.717) is 6.04 Å². The minimum Gasteiger partial charge on any atom is -0.370 e. The lowest BCUT2D eigenvalue weighted by atomic mass is 9.94. The molecule has 19 heavy (non-hydrogen) atoms. The fraction of sp³-hybridized carbons (Fsp3) is 0.429. The second kappa shape index (κ2) is 5.57. The summed E-state index contributed by atoms with van der Waals surface area (Å²) < 4.78 is 0. The van der Waals surface area contributed by atoms with Crippen molar-refractivity contribution in [3.05, 3.63) is 34.3 Å². The van der Waals surface area contributed by atoms with Gasteiger partial charge in [-0.15, -0.1) is 11.3 Å². The van der Waals surface area contributed by atoms with Gasteiger partial charge in [-0.1, -0.05) is 0 Å². The highest BCUT2D eigenvalue weighted by Gasteiger charge is 2.21. The van der Waals surface area contributed by atoms with Gasteiger partial charge in [-0.2, -0.15) is 0 Å². The summed E-state index contributed by atoms with van der Waals surface area (Å²) in [7, 11) is 0. The number of aromatic nitrogens is 2. The van der Waals surface area contributed by atoms with E-state index in [9.17, 15) is 0 Å². The monoisotopic (exact) mass is 274 g/mol. The highest BCUT2D eigenvalue weighted by Crippen LogP contribution is 2.35. The van der Waals surface area contributed by atoms with Crippen LogP contribution in [0.1, 0.15) is 36.2 Å². The van der Waals surface area contributed by atoms with E-state index in [2.05, 4.69) is 39.0 Å². The molecule has 0 aliphatic heterocycles. The minimum atomic E-state index is 0.388. The summed E-state index contributed by atoms with van der Waals surface area (Å²) in [6, 6.07) is 4.60. The van der Waals surface area contributed by atoms with Gasteiger partial charge in [-0.3, -0.25) is 0 Å². The fourth-order valence-electron chi connectivity index (χ4n) is 2.53. The van der Waals surface area contributed by atoms with E-state index in [4.69, 9.17) is 0 Å². The molecule has 0 spiro atoms. The van der Waals surface area contributed by atoms with Gasteiger partial charge in [0.25, 0.3) is 0 Å². The van der Waals surface area contributed by atoms with Crippen molar-refractivity contribution in [2.75, 3.05) is 17.2 Å². The number of nitrogens with one attached hydrogen (secondary N) is 2. The number of hydrogen-bond donors (Lipinski definition) is 2. The van der Waals surface area contributed by atoms with Crippen LogP contribution in [0.4, 0.5) is 11.6 Å². The summed E-state index contributed by atoms with van der Waals surface area (Å²) in [5.41, 5.74) is 1.44. The number of anilines is 2. The number of fused-ring (bicyclic) bond motifs is 1. The van der Waals surface area contributed by atoms with Gasteiger partial charge in [0.15, 0.2) is 0 Å². The Labute approximate surface area is 117 Å². The SMILES string of the molecule is CCNc1cc(NC2CCCc3sccc32)ncn1. The van der Waals surface area contributed by atoms with E-state index in [-0.39, 0.29) is 0 Å². The standard InChI is InChI=1S/C14H18N4S/c1-2-15-13-8-14(17-9-16-13)18-11-4-3-5-12-10(11)6-7-19-12/h6-9,11H,2-5H2,1H3,(H2,15,16,17,18). The van der Waals surface area contributed by atoms with Gasteiger partial charge in [-0.25, -0.2) is 9.97 Å². The smallest absolute Gasteiger partial charge is 0.131 e. The summed E-state index contributed by atoms with van der Waals surface area (Å²) in [5, 5.41) is 8.94. The van der Waals surface area contributed by atoms with Gasteiger partial charge >= 0.3 is 0 Å². The van der Waals surface area contributed by atoms with Crippen LogP contribution < -0.4 is 10.6 Å². The Bertz CT molecular complexity index is 552. The van der Waals surface area contributed by atoms with E-state index in [0.717, 1.165) is 18.2 Å². The summed E-state index contributed by atoms with van der Waals surface area (Å²) in [4.78, 5) is 10.0. The number of aryl methyl sites for hydroxylation is 1. The summed E-state index contributed by atoms with van der Waals surface area (Å²) in [6.07, 6.45) is 5.25. The predicted molar refractivity (Wildman–Crippen MR) is 79.8 cm³/mol. The van der Waals surface area contributed by atoms with Gasteiger partial charge in [0.05, 0.1) is 6.04 Å². The van der Waals surface area contributed by atoms with E-state index in [1.54, 1.807) is 6.33 Å². The topological polar surface area (TPSA) is 49.8 Å². The van der Waals surface area contributed by atoms with E-state index >= 15 is 0 Å². The molecule has 4 nitrogen and oxygen atoms in total. The maximum Gasteiger partial charge on any atom is 0.131 e. The molecule has 1 atom stereocenters. The Morgan fingerprint density at radius 1 is 1.37 bits per heavy atom. The lowest BCUT2D eigenvalue weighted by Crippen LogP contribution is -2.16. The molecule has 0 saturated carbocycles. The average molecular weight is 274 g/mol. The molecule has 0 fully saturated rings. The molecule has 100 valence electrons. The zero-order valence-corrected chi connectivity index (χ0v) is 11.8. The first-order valence-electron chi connectivity index (χ1n) is 6.75. The third kappa shape index (κ3) is 2.71. The average Bonchev–Trinajstić information content (AvgIpc) is 2.89. The van der Waals surface area contributed by atoms with Crippen molar-refractivity contribution < 1.29 is 0 Å². The molecular formula is C14H18N4S. The second-order valence-corrected chi connectivity index (χ2v) is 5.71. The third-order valence-corrected chi connectivity index (χ3v) is 4.40. The Kier molecular flexibility index (Phi) is 3.64. The summed E-state index contributed by atoms with van der Waals surface area (Å²) in [5.74, 6) is 1.77. The van der Waals surface area contributed by atoms with Crippen molar-refractivity contribution in [1.29, 1.82) is 0 Å². The molecule has 1 aliphatic carbocycles. The van der Waals surface area contributed by atoms with Crippen LogP contribution >= 0.6 is 11.3 Å². The second-order valence-electron chi connectivity index (χ2n) is 4.71. The van der Waals surface area contributed by atoms with Crippen LogP contribution in [0.2, 0.25) is 0 Å². The van der Waals surface area contributed by atoms with Gasteiger partial charge in [0.2, 0.25) is 0 Å². The first-order chi connectivity index (χ1) is 9.36. The molecule has 0 amide bonds. The van der Waals surface area contributed by atoms with E-state index < -0.39 is 0 Å². The molecule has 2 aromatic rings. The van der Waals surface area contributed by atoms with Crippen LogP contribution in [0.3, 0.4) is 0 Å². The minimum absolute atomic E-state index is 0.388. The maximum absolute atomic E-state index is 4.31. The molecular weight excluding hydrogens is 256 g/mol. The zero-order valence-electron chi connectivity index (χ0n) is 11.0. The van der Waals surface area contributed by atoms with Gasteiger partial charge in [-0.05, 0) is 43.2 Å². The fourth-order valence-corrected chi connectivity index (χ4v) is 3.52. The number of thiophene rings is 1. The lowest BCUT2D eigenvalue weighted by molar-refractivity contribution is 0.607. The lowest BCUT2D eigenvalue weighted by Gasteiger charge is -2.24. The summed E-state index contributed by atoms with van der Waals surface area (Å²) >= 11 is 1.87. The Morgan fingerprint density at radius 2 is 2.26 bits per heavy atom. The predicted octanol–water partition coefficient (Wildman–Crippen LogP) is 3.46. The van der Waals surface area contributed by atoms with Crippen molar-refractivity contribution in [1.82, 2.24) is 9.97 Å². The van der Waals surface area contributed by atoms with Gasteiger partial charge in [0, 0.05) is 17.5 Å². The molecule has 1 unspecified atom stereocenters. The Balaban J connectivity index is 1.77. The molecule has 3 rings (SSSR count). The molecule has 0 saturated heterocycles. The van der Waals surface area contributed by atoms with Crippen molar-refractivity contribution in [3.8, 4) is 0 Å². The first-order valence-corrected chi connectivity index (χ1v) is 7.63. The van der Waals surface area contributed by atoms with Crippen LogP contribution in [0.25, 0.3) is 0 Å². The van der Waals surface area contributed by atoms with Crippen molar-refractivity contribution in [2.45, 2.75) is 32.2 Å². The Morgan fingerprint density at radius 3 is 3.16 bits per heavy atom. The molecule has 5 heteroatoms. The molecule has 2 aromatic heterocycles. The van der Waals surface area contributed by atoms with Crippen molar-refractivity contribution in [3.63, 3.8) is 0 Å². The molecule has 2 heterocycles. The largest absolute Gasteiger partial charge is 0.370 e. The molecule has 0 bridgehead atoms. The molecule has 1 aliphatic rings. The number of rotatable bonds is 4. The van der Waals surface area contributed by atoms with E-state index in [1.807, 2.05) is 17.4 Å². The van der Waals surface area contributed by atoms with Crippen molar-refractivity contribution >= 4 is 23.0 Å². The first kappa shape index (κ1) is 12.4. The van der Waals surface area contributed by atoms with E-state index in [1.165, 1.54) is 29.7 Å². The zero-order chi connectivity index (χ0) is 13.1. The molecule has 2 N–H and O–H groups in total. The van der Waals surface area contributed by atoms with Crippen LogP contribution in [0, 0.1) is 0 Å². The van der Waals surface area contributed by atoms with Crippen LogP contribution in [-0.4, -0.2) is 16.5 Å². The van der Waals surface area contributed by atoms with Gasteiger partial charge in [0.1, 0.15) is 18.0 Å². The maximum atomic E-state index is 4.31. The van der Waals surface area contributed by atoms with Gasteiger partial charge < -0.3 is 10.6 Å². The Hall–Kier alpha value is -1.62. The highest BCUT2D eigenvalue weighted by atomic mass is 32.1. The molecule has 0 radical (unpaired) electrons. The van der Waals surface area contributed by atoms with Crippen LogP contribution in [0.15, 0.2) is 23.8 Å². The third-order valence-electron chi connectivity index (χ3n) is 3.40. The molecule has 0 aromatic carbocycles. The number of hydrogen-bond acceptors (Lipinski definition) is 5. The van der Waals surface area contributed by atoms with Crippen LogP contribution in [0.5, 0.6) is 0 Å². The highest BCUT2D eigenvalue weighted by molar-refractivity contribution is 7.10. The quantitative estimate of drug-likeness (QED) is 0.896. The summed E-state index contributed by atoms with van der Waals surface area (Å²) in [6.45, 7) is 2.93. The number of nitrogens with zero attached hydrogens (tertiary/aromatic N) is 2.